The number of benzene rings is 1. The van der Waals surface area contributed by atoms with Crippen LogP contribution in [-0.4, -0.2) is 5.16 Å². The summed E-state index contributed by atoms with van der Waals surface area (Å²) in [4.78, 5) is 0. The average Bonchev–Trinajstić information content (AvgIpc) is 2.98. The SMILES string of the molecule is Nc1onc(-c2ccco2)c1-c1ccccc1. The molecule has 0 unspecified atom stereocenters. The third kappa shape index (κ3) is 1.59. The quantitative estimate of drug-likeness (QED) is 0.728. The molecule has 0 atom stereocenters. The van der Waals surface area contributed by atoms with Crippen LogP contribution in [0.15, 0.2) is 57.7 Å². The molecule has 0 amide bonds. The molecule has 1 aromatic carbocycles. The first-order valence-corrected chi connectivity index (χ1v) is 5.20. The number of rotatable bonds is 2. The second-order valence-corrected chi connectivity index (χ2v) is 3.61. The molecule has 17 heavy (non-hydrogen) atoms. The van der Waals surface area contributed by atoms with Crippen LogP contribution in [0.5, 0.6) is 0 Å². The van der Waals surface area contributed by atoms with Crippen LogP contribution < -0.4 is 5.73 Å². The van der Waals surface area contributed by atoms with E-state index in [-0.39, 0.29) is 0 Å². The molecule has 2 aromatic heterocycles. The van der Waals surface area contributed by atoms with Gasteiger partial charge in [0.1, 0.15) is 0 Å². The Balaban J connectivity index is 2.20. The summed E-state index contributed by atoms with van der Waals surface area (Å²) in [6.45, 7) is 0. The fourth-order valence-corrected chi connectivity index (χ4v) is 1.77. The van der Waals surface area contributed by atoms with Crippen LogP contribution in [-0.2, 0) is 0 Å². The molecule has 0 saturated heterocycles. The van der Waals surface area contributed by atoms with Gasteiger partial charge in [-0.25, -0.2) is 0 Å². The van der Waals surface area contributed by atoms with Crippen molar-refractivity contribution in [1.29, 1.82) is 0 Å². The second-order valence-electron chi connectivity index (χ2n) is 3.61. The van der Waals surface area contributed by atoms with E-state index in [1.54, 1.807) is 12.3 Å². The lowest BCUT2D eigenvalue weighted by atomic mass is 10.0. The molecular formula is C13H10N2O2. The number of nitrogens with zero attached hydrogens (tertiary/aromatic N) is 1. The number of nitrogens with two attached hydrogens (primary N) is 1. The Morgan fingerprint density at radius 2 is 1.82 bits per heavy atom. The van der Waals surface area contributed by atoms with Gasteiger partial charge in [-0.15, -0.1) is 0 Å². The number of aromatic nitrogens is 1. The minimum absolute atomic E-state index is 0.294. The van der Waals surface area contributed by atoms with Gasteiger partial charge in [0.05, 0.1) is 11.8 Å². The van der Waals surface area contributed by atoms with Gasteiger partial charge >= 0.3 is 0 Å². The van der Waals surface area contributed by atoms with Gasteiger partial charge in [-0.3, -0.25) is 0 Å². The van der Waals surface area contributed by atoms with E-state index in [4.69, 9.17) is 14.7 Å². The first kappa shape index (κ1) is 9.72. The molecule has 2 N–H and O–H groups in total. The van der Waals surface area contributed by atoms with Crippen molar-refractivity contribution in [3.8, 4) is 22.6 Å². The van der Waals surface area contributed by atoms with Crippen molar-refractivity contribution in [3.05, 3.63) is 48.7 Å². The number of hydrogen-bond donors (Lipinski definition) is 1. The lowest BCUT2D eigenvalue weighted by Crippen LogP contribution is -1.86. The summed E-state index contributed by atoms with van der Waals surface area (Å²) in [7, 11) is 0. The van der Waals surface area contributed by atoms with Crippen molar-refractivity contribution in [1.82, 2.24) is 5.16 Å². The summed E-state index contributed by atoms with van der Waals surface area (Å²) in [6, 6.07) is 13.4. The minimum Gasteiger partial charge on any atom is -0.463 e. The van der Waals surface area contributed by atoms with E-state index in [0.717, 1.165) is 11.1 Å². The van der Waals surface area contributed by atoms with Crippen LogP contribution in [0.1, 0.15) is 0 Å². The molecule has 0 bridgehead atoms. The maximum Gasteiger partial charge on any atom is 0.230 e. The molecule has 0 fully saturated rings. The van der Waals surface area contributed by atoms with Gasteiger partial charge in [0.25, 0.3) is 0 Å². The van der Waals surface area contributed by atoms with Crippen molar-refractivity contribution in [2.75, 3.05) is 5.73 Å². The molecule has 84 valence electrons. The number of hydrogen-bond acceptors (Lipinski definition) is 4. The smallest absolute Gasteiger partial charge is 0.230 e. The highest BCUT2D eigenvalue weighted by Crippen LogP contribution is 2.35. The Hall–Kier alpha value is -2.49. The van der Waals surface area contributed by atoms with E-state index in [1.807, 2.05) is 36.4 Å². The molecule has 0 saturated carbocycles. The average molecular weight is 226 g/mol. The number of furan rings is 1. The second kappa shape index (κ2) is 3.83. The molecule has 0 spiro atoms. The van der Waals surface area contributed by atoms with Gasteiger partial charge in [-0.05, 0) is 17.7 Å². The van der Waals surface area contributed by atoms with E-state index in [1.165, 1.54) is 0 Å². The van der Waals surface area contributed by atoms with Gasteiger partial charge in [-0.2, -0.15) is 0 Å². The maximum absolute atomic E-state index is 5.81. The zero-order chi connectivity index (χ0) is 11.7. The Bertz CT molecular complexity index is 612. The summed E-state index contributed by atoms with van der Waals surface area (Å²) in [5.41, 5.74) is 8.15. The lowest BCUT2D eigenvalue weighted by molar-refractivity contribution is 0.436. The minimum atomic E-state index is 0.294. The standard InChI is InChI=1S/C13H10N2O2/c14-13-11(9-5-2-1-3-6-9)12(15-17-13)10-7-4-8-16-10/h1-8H,14H2. The third-order valence-corrected chi connectivity index (χ3v) is 2.54. The molecule has 0 radical (unpaired) electrons. The molecule has 4 nitrogen and oxygen atoms in total. The highest BCUT2D eigenvalue weighted by molar-refractivity contribution is 5.85. The summed E-state index contributed by atoms with van der Waals surface area (Å²) in [5, 5.41) is 3.94. The highest BCUT2D eigenvalue weighted by atomic mass is 16.5. The third-order valence-electron chi connectivity index (χ3n) is 2.54. The van der Waals surface area contributed by atoms with Gasteiger partial charge < -0.3 is 14.7 Å². The van der Waals surface area contributed by atoms with Gasteiger partial charge in [0.15, 0.2) is 11.5 Å². The molecule has 0 aliphatic carbocycles. The van der Waals surface area contributed by atoms with Gasteiger partial charge in [0.2, 0.25) is 5.88 Å². The molecule has 0 aliphatic rings. The Labute approximate surface area is 97.6 Å². The first-order valence-electron chi connectivity index (χ1n) is 5.20. The highest BCUT2D eigenvalue weighted by Gasteiger charge is 2.18. The Morgan fingerprint density at radius 3 is 2.53 bits per heavy atom. The van der Waals surface area contributed by atoms with E-state index < -0.39 is 0 Å². The van der Waals surface area contributed by atoms with Crippen LogP contribution in [0.4, 0.5) is 5.88 Å². The van der Waals surface area contributed by atoms with Gasteiger partial charge in [-0.1, -0.05) is 35.5 Å². The van der Waals surface area contributed by atoms with Crippen molar-refractivity contribution >= 4 is 5.88 Å². The number of nitrogen functional groups attached to an aromatic ring is 1. The Morgan fingerprint density at radius 1 is 1.00 bits per heavy atom. The molecule has 2 heterocycles. The predicted octanol–water partition coefficient (Wildman–Crippen LogP) is 3.18. The largest absolute Gasteiger partial charge is 0.463 e. The van der Waals surface area contributed by atoms with Crippen molar-refractivity contribution < 1.29 is 8.94 Å². The zero-order valence-corrected chi connectivity index (χ0v) is 8.96. The van der Waals surface area contributed by atoms with E-state index >= 15 is 0 Å². The van der Waals surface area contributed by atoms with Crippen LogP contribution in [0.25, 0.3) is 22.6 Å². The molecule has 3 aromatic rings. The van der Waals surface area contributed by atoms with Crippen LogP contribution in [0, 0.1) is 0 Å². The predicted molar refractivity (Wildman–Crippen MR) is 64.1 cm³/mol. The zero-order valence-electron chi connectivity index (χ0n) is 8.96. The van der Waals surface area contributed by atoms with Crippen LogP contribution >= 0.6 is 0 Å². The maximum atomic E-state index is 5.81. The fraction of sp³-hybridized carbons (Fsp3) is 0. The van der Waals surface area contributed by atoms with Crippen LogP contribution in [0.2, 0.25) is 0 Å². The summed E-state index contributed by atoms with van der Waals surface area (Å²) >= 11 is 0. The topological polar surface area (TPSA) is 65.2 Å². The van der Waals surface area contributed by atoms with E-state index in [9.17, 15) is 0 Å². The van der Waals surface area contributed by atoms with E-state index in [0.29, 0.717) is 17.3 Å². The molecular weight excluding hydrogens is 216 g/mol. The monoisotopic (exact) mass is 226 g/mol. The summed E-state index contributed by atoms with van der Waals surface area (Å²) < 4.78 is 10.4. The molecule has 4 heteroatoms. The normalized spacial score (nSPS) is 10.6. The summed E-state index contributed by atoms with van der Waals surface area (Å²) in [6.07, 6.45) is 1.59. The summed E-state index contributed by atoms with van der Waals surface area (Å²) in [5.74, 6) is 0.937. The lowest BCUT2D eigenvalue weighted by Gasteiger charge is -1.99. The van der Waals surface area contributed by atoms with Crippen LogP contribution in [0.3, 0.4) is 0 Å². The molecule has 0 aliphatic heterocycles. The van der Waals surface area contributed by atoms with Crippen molar-refractivity contribution in [2.45, 2.75) is 0 Å². The van der Waals surface area contributed by atoms with Crippen molar-refractivity contribution in [3.63, 3.8) is 0 Å². The Kier molecular flexibility index (Phi) is 2.19. The molecule has 3 rings (SSSR count). The number of anilines is 1. The fourth-order valence-electron chi connectivity index (χ4n) is 1.77. The first-order chi connectivity index (χ1) is 8.36. The van der Waals surface area contributed by atoms with E-state index in [2.05, 4.69) is 5.16 Å². The van der Waals surface area contributed by atoms with Gasteiger partial charge in [0, 0.05) is 0 Å². The van der Waals surface area contributed by atoms with Crippen molar-refractivity contribution in [2.24, 2.45) is 0 Å².